The number of benzene rings is 3. The molecule has 0 N–H and O–H groups in total. The van der Waals surface area contributed by atoms with Crippen LogP contribution in [0.15, 0.2) is 97.3 Å². The summed E-state index contributed by atoms with van der Waals surface area (Å²) in [6, 6.07) is 22.5. The normalized spacial score (nSPS) is 11.2. The first-order valence-corrected chi connectivity index (χ1v) is 11.9. The van der Waals surface area contributed by atoms with Crippen molar-refractivity contribution in [2.45, 2.75) is 6.92 Å². The van der Waals surface area contributed by atoms with E-state index >= 15 is 4.39 Å². The lowest BCUT2D eigenvalue weighted by Crippen LogP contribution is -2.01. The molecule has 7 heteroatoms. The Balaban J connectivity index is 1.75. The van der Waals surface area contributed by atoms with Crippen LogP contribution >= 0.6 is 0 Å². The Morgan fingerprint density at radius 1 is 0.526 bits per heavy atom. The number of fused-ring (bicyclic) bond motifs is 1. The Bertz CT molecular complexity index is 1670. The van der Waals surface area contributed by atoms with Gasteiger partial charge in [-0.2, -0.15) is 0 Å². The van der Waals surface area contributed by atoms with Crippen molar-refractivity contribution in [1.29, 1.82) is 0 Å². The lowest BCUT2D eigenvalue weighted by atomic mass is 9.95. The Hall–Kier alpha value is -4.91. The van der Waals surface area contributed by atoms with Crippen molar-refractivity contribution >= 4 is 11.0 Å². The standard InChI is InChI=1S/C31H19F3N4/c1-18-8-10-20(24(33)16-18)22-12-13-23(21-11-9-19(32)17-25(21)34)29-28(22)37-30(26-6-2-4-14-35-26)31(38-29)27-7-3-5-15-36-27/h2-17H,1H3. The fourth-order valence-electron chi connectivity index (χ4n) is 4.48. The number of hydrogen-bond acceptors (Lipinski definition) is 4. The summed E-state index contributed by atoms with van der Waals surface area (Å²) in [6.45, 7) is 1.81. The molecule has 0 atom stereocenters. The summed E-state index contributed by atoms with van der Waals surface area (Å²) in [5.41, 5.74) is 4.80. The molecule has 0 radical (unpaired) electrons. The van der Waals surface area contributed by atoms with Crippen molar-refractivity contribution in [3.05, 3.63) is 120 Å². The third kappa shape index (κ3) is 4.18. The summed E-state index contributed by atoms with van der Waals surface area (Å²) in [6.07, 6.45) is 3.29. The first-order valence-electron chi connectivity index (χ1n) is 11.9. The van der Waals surface area contributed by atoms with Crippen LogP contribution in [-0.2, 0) is 0 Å². The van der Waals surface area contributed by atoms with Crippen LogP contribution in [0.2, 0.25) is 0 Å². The van der Waals surface area contributed by atoms with E-state index in [0.29, 0.717) is 50.5 Å². The third-order valence-corrected chi connectivity index (χ3v) is 6.27. The van der Waals surface area contributed by atoms with Crippen LogP contribution in [0.5, 0.6) is 0 Å². The van der Waals surface area contributed by atoms with Crippen molar-refractivity contribution in [1.82, 2.24) is 19.9 Å². The van der Waals surface area contributed by atoms with E-state index in [0.717, 1.165) is 11.6 Å². The topological polar surface area (TPSA) is 51.6 Å². The molecular weight excluding hydrogens is 485 g/mol. The molecule has 3 aromatic carbocycles. The van der Waals surface area contributed by atoms with Crippen molar-refractivity contribution in [3.63, 3.8) is 0 Å². The summed E-state index contributed by atoms with van der Waals surface area (Å²) in [7, 11) is 0. The number of halogens is 3. The molecule has 0 aliphatic carbocycles. The summed E-state index contributed by atoms with van der Waals surface area (Å²) < 4.78 is 43.9. The molecule has 3 aromatic heterocycles. The monoisotopic (exact) mass is 504 g/mol. The first-order chi connectivity index (χ1) is 18.5. The summed E-state index contributed by atoms with van der Waals surface area (Å²) in [5.74, 6) is -1.84. The number of pyridine rings is 2. The zero-order valence-corrected chi connectivity index (χ0v) is 20.2. The summed E-state index contributed by atoms with van der Waals surface area (Å²) in [4.78, 5) is 18.8. The zero-order chi connectivity index (χ0) is 26.2. The molecule has 184 valence electrons. The van der Waals surface area contributed by atoms with Crippen LogP contribution in [0.25, 0.3) is 56.1 Å². The molecule has 6 rings (SSSR count). The van der Waals surface area contributed by atoms with E-state index in [1.165, 1.54) is 18.2 Å². The maximum atomic E-state index is 15.2. The maximum Gasteiger partial charge on any atom is 0.134 e. The fourth-order valence-corrected chi connectivity index (χ4v) is 4.48. The van der Waals surface area contributed by atoms with Gasteiger partial charge in [-0.05, 0) is 55.0 Å². The van der Waals surface area contributed by atoms with Gasteiger partial charge in [-0.15, -0.1) is 0 Å². The van der Waals surface area contributed by atoms with Gasteiger partial charge in [-0.1, -0.05) is 36.4 Å². The molecule has 0 bridgehead atoms. The molecule has 3 heterocycles. The molecule has 0 saturated heterocycles. The summed E-state index contributed by atoms with van der Waals surface area (Å²) in [5, 5.41) is 0. The minimum Gasteiger partial charge on any atom is -0.255 e. The predicted molar refractivity (Wildman–Crippen MR) is 141 cm³/mol. The second-order valence-corrected chi connectivity index (χ2v) is 8.82. The predicted octanol–water partition coefficient (Wildman–Crippen LogP) is 7.81. The Labute approximate surface area is 216 Å². The Morgan fingerprint density at radius 2 is 1.03 bits per heavy atom. The average molecular weight is 505 g/mol. The smallest absolute Gasteiger partial charge is 0.134 e. The number of nitrogens with zero attached hydrogens (tertiary/aromatic N) is 4. The minimum atomic E-state index is -0.740. The van der Waals surface area contributed by atoms with Gasteiger partial charge in [0, 0.05) is 40.7 Å². The molecule has 0 spiro atoms. The van der Waals surface area contributed by atoms with Gasteiger partial charge in [-0.25, -0.2) is 23.1 Å². The molecule has 0 unspecified atom stereocenters. The molecule has 4 nitrogen and oxygen atoms in total. The second kappa shape index (κ2) is 9.52. The lowest BCUT2D eigenvalue weighted by molar-refractivity contribution is 0.585. The van der Waals surface area contributed by atoms with Crippen LogP contribution < -0.4 is 0 Å². The van der Waals surface area contributed by atoms with Gasteiger partial charge < -0.3 is 0 Å². The van der Waals surface area contributed by atoms with E-state index in [4.69, 9.17) is 9.97 Å². The van der Waals surface area contributed by atoms with E-state index in [1.54, 1.807) is 54.9 Å². The highest BCUT2D eigenvalue weighted by Crippen LogP contribution is 2.39. The van der Waals surface area contributed by atoms with E-state index in [-0.39, 0.29) is 5.56 Å². The van der Waals surface area contributed by atoms with E-state index < -0.39 is 17.5 Å². The minimum absolute atomic E-state index is 0.152. The van der Waals surface area contributed by atoms with Gasteiger partial charge in [0.15, 0.2) is 0 Å². The largest absolute Gasteiger partial charge is 0.255 e. The quantitative estimate of drug-likeness (QED) is 0.246. The number of aromatic nitrogens is 4. The fraction of sp³-hybridized carbons (Fsp3) is 0.0323. The first kappa shape index (κ1) is 23.5. The van der Waals surface area contributed by atoms with Gasteiger partial charge in [0.2, 0.25) is 0 Å². The third-order valence-electron chi connectivity index (χ3n) is 6.27. The van der Waals surface area contributed by atoms with Crippen molar-refractivity contribution in [2.75, 3.05) is 0 Å². The number of aryl methyl sites for hydroxylation is 1. The highest BCUT2D eigenvalue weighted by molar-refractivity contribution is 6.02. The van der Waals surface area contributed by atoms with Crippen LogP contribution in [-0.4, -0.2) is 19.9 Å². The highest BCUT2D eigenvalue weighted by Gasteiger charge is 2.22. The lowest BCUT2D eigenvalue weighted by Gasteiger charge is -2.16. The molecule has 0 amide bonds. The molecule has 6 aromatic rings. The molecule has 38 heavy (non-hydrogen) atoms. The van der Waals surface area contributed by atoms with Gasteiger partial charge >= 0.3 is 0 Å². The van der Waals surface area contributed by atoms with Gasteiger partial charge in [0.25, 0.3) is 0 Å². The van der Waals surface area contributed by atoms with Crippen LogP contribution in [0, 0.1) is 24.4 Å². The van der Waals surface area contributed by atoms with Gasteiger partial charge in [-0.3, -0.25) is 9.97 Å². The second-order valence-electron chi connectivity index (χ2n) is 8.82. The Morgan fingerprint density at radius 3 is 1.50 bits per heavy atom. The molecular formula is C31H19F3N4. The SMILES string of the molecule is Cc1ccc(-c2ccc(-c3ccc(F)cc3F)c3nc(-c4ccccn4)c(-c4ccccn4)nc23)c(F)c1. The molecule has 0 aliphatic rings. The van der Waals surface area contributed by atoms with Crippen molar-refractivity contribution in [2.24, 2.45) is 0 Å². The van der Waals surface area contributed by atoms with E-state index in [2.05, 4.69) is 9.97 Å². The van der Waals surface area contributed by atoms with Crippen LogP contribution in [0.3, 0.4) is 0 Å². The van der Waals surface area contributed by atoms with E-state index in [9.17, 15) is 8.78 Å². The molecule has 0 fully saturated rings. The Kier molecular flexibility index (Phi) is 5.88. The molecule has 0 saturated carbocycles. The maximum absolute atomic E-state index is 15.2. The van der Waals surface area contributed by atoms with E-state index in [1.807, 2.05) is 25.1 Å². The number of rotatable bonds is 4. The summed E-state index contributed by atoms with van der Waals surface area (Å²) >= 11 is 0. The zero-order valence-electron chi connectivity index (χ0n) is 20.2. The van der Waals surface area contributed by atoms with Crippen LogP contribution in [0.4, 0.5) is 13.2 Å². The van der Waals surface area contributed by atoms with Gasteiger partial charge in [0.1, 0.15) is 28.8 Å². The van der Waals surface area contributed by atoms with Crippen LogP contribution in [0.1, 0.15) is 5.56 Å². The average Bonchev–Trinajstić information content (AvgIpc) is 2.93. The van der Waals surface area contributed by atoms with Gasteiger partial charge in [0.05, 0.1) is 22.4 Å². The molecule has 0 aliphatic heterocycles. The number of hydrogen-bond donors (Lipinski definition) is 0. The van der Waals surface area contributed by atoms with Crippen molar-refractivity contribution < 1.29 is 13.2 Å². The van der Waals surface area contributed by atoms with Crippen molar-refractivity contribution in [3.8, 4) is 45.0 Å². The highest BCUT2D eigenvalue weighted by atomic mass is 19.1.